The van der Waals surface area contributed by atoms with E-state index in [9.17, 15) is 24.3 Å². The number of carboxylic acids is 1. The zero-order valence-electron chi connectivity index (χ0n) is 19.7. The summed E-state index contributed by atoms with van der Waals surface area (Å²) in [6, 6.07) is -3.03. The van der Waals surface area contributed by atoms with Gasteiger partial charge in [-0.3, -0.25) is 14.4 Å². The molecule has 0 saturated carbocycles. The highest BCUT2D eigenvalue weighted by Crippen LogP contribution is 2.14. The van der Waals surface area contributed by atoms with Crippen LogP contribution in [0.4, 0.5) is 0 Å². The summed E-state index contributed by atoms with van der Waals surface area (Å²) in [6.45, 7) is 11.7. The summed E-state index contributed by atoms with van der Waals surface area (Å²) in [7, 11) is 0. The molecule has 0 aromatic rings. The van der Waals surface area contributed by atoms with Crippen LogP contribution in [0.15, 0.2) is 0 Å². The van der Waals surface area contributed by atoms with Crippen molar-refractivity contribution in [1.29, 1.82) is 0 Å². The van der Waals surface area contributed by atoms with Gasteiger partial charge in [0, 0.05) is 0 Å². The summed E-state index contributed by atoms with van der Waals surface area (Å²) in [4.78, 5) is 50.1. The van der Waals surface area contributed by atoms with Crippen LogP contribution in [-0.4, -0.2) is 59.5 Å². The van der Waals surface area contributed by atoms with Gasteiger partial charge in [-0.15, -0.1) is 0 Å². The Morgan fingerprint density at radius 3 is 1.74 bits per heavy atom. The summed E-state index contributed by atoms with van der Waals surface area (Å²) in [5.74, 6) is -2.95. The predicted molar refractivity (Wildman–Crippen MR) is 118 cm³/mol. The fraction of sp³-hybridized carbons (Fsp3) is 0.818. The molecule has 0 spiro atoms. The zero-order chi connectivity index (χ0) is 23.7. The largest absolute Gasteiger partial charge is 0.480 e. The molecular formula is C22H40N4O5. The van der Waals surface area contributed by atoms with Crippen LogP contribution in [0.5, 0.6) is 0 Å². The minimum atomic E-state index is -1.12. The summed E-state index contributed by atoms with van der Waals surface area (Å²) in [5.41, 5.74) is 0. The van der Waals surface area contributed by atoms with Crippen LogP contribution in [0, 0.1) is 17.8 Å². The summed E-state index contributed by atoms with van der Waals surface area (Å²) >= 11 is 0. The van der Waals surface area contributed by atoms with Crippen LogP contribution < -0.4 is 21.3 Å². The normalized spacial score (nSPS) is 20.9. The fourth-order valence-corrected chi connectivity index (χ4v) is 3.57. The lowest BCUT2D eigenvalue weighted by atomic mass is 9.94. The number of aliphatic carboxylic acids is 1. The van der Waals surface area contributed by atoms with Gasteiger partial charge in [-0.05, 0) is 37.1 Å². The first-order valence-electron chi connectivity index (χ1n) is 11.4. The monoisotopic (exact) mass is 440 g/mol. The van der Waals surface area contributed by atoms with Crippen molar-refractivity contribution in [3.63, 3.8) is 0 Å². The lowest BCUT2D eigenvalue weighted by Gasteiger charge is -2.30. The van der Waals surface area contributed by atoms with Gasteiger partial charge in [-0.2, -0.15) is 0 Å². The van der Waals surface area contributed by atoms with Crippen LogP contribution in [-0.2, 0) is 19.2 Å². The molecular weight excluding hydrogens is 400 g/mol. The molecule has 0 bridgehead atoms. The van der Waals surface area contributed by atoms with Crippen LogP contribution in [0.25, 0.3) is 0 Å². The fourth-order valence-electron chi connectivity index (χ4n) is 3.57. The molecule has 0 unspecified atom stereocenters. The Labute approximate surface area is 185 Å². The summed E-state index contributed by atoms with van der Waals surface area (Å²) in [6.07, 6.45) is 2.93. The topological polar surface area (TPSA) is 137 Å². The highest BCUT2D eigenvalue weighted by Gasteiger charge is 2.35. The van der Waals surface area contributed by atoms with Crippen LogP contribution >= 0.6 is 0 Å². The molecule has 0 aromatic heterocycles. The van der Waals surface area contributed by atoms with E-state index in [1.54, 1.807) is 13.8 Å². The molecule has 31 heavy (non-hydrogen) atoms. The maximum Gasteiger partial charge on any atom is 0.326 e. The molecule has 1 rings (SSSR count). The first-order valence-corrected chi connectivity index (χ1v) is 11.4. The van der Waals surface area contributed by atoms with Gasteiger partial charge >= 0.3 is 5.97 Å². The van der Waals surface area contributed by atoms with Gasteiger partial charge in [-0.25, -0.2) is 4.79 Å². The summed E-state index contributed by atoms with van der Waals surface area (Å²) < 4.78 is 0. The molecule has 0 radical (unpaired) electrons. The number of carbonyl (C=O) groups is 4. The van der Waals surface area contributed by atoms with Gasteiger partial charge in [0.25, 0.3) is 0 Å². The van der Waals surface area contributed by atoms with Crippen molar-refractivity contribution < 1.29 is 24.3 Å². The number of hydrogen-bond acceptors (Lipinski definition) is 5. The molecule has 9 nitrogen and oxygen atoms in total. The molecule has 1 aliphatic heterocycles. The number of amides is 3. The maximum absolute atomic E-state index is 13.1. The molecule has 178 valence electrons. The van der Waals surface area contributed by atoms with Crippen molar-refractivity contribution in [1.82, 2.24) is 21.3 Å². The second-order valence-corrected chi connectivity index (χ2v) is 8.96. The molecule has 0 aromatic carbocycles. The number of carbonyl (C=O) groups excluding carboxylic acids is 3. The third-order valence-corrected chi connectivity index (χ3v) is 6.19. The predicted octanol–water partition coefficient (Wildman–Crippen LogP) is 1.03. The van der Waals surface area contributed by atoms with E-state index in [1.807, 2.05) is 27.7 Å². The van der Waals surface area contributed by atoms with Crippen molar-refractivity contribution in [2.45, 2.75) is 91.4 Å². The lowest BCUT2D eigenvalue weighted by Crippen LogP contribution is -2.60. The van der Waals surface area contributed by atoms with Crippen molar-refractivity contribution in [3.8, 4) is 0 Å². The van der Waals surface area contributed by atoms with Gasteiger partial charge in [0.2, 0.25) is 17.7 Å². The van der Waals surface area contributed by atoms with Crippen molar-refractivity contribution >= 4 is 23.7 Å². The van der Waals surface area contributed by atoms with Gasteiger partial charge in [0.05, 0.1) is 6.04 Å². The third-order valence-electron chi connectivity index (χ3n) is 6.19. The number of rotatable bonds is 12. The zero-order valence-corrected chi connectivity index (χ0v) is 19.7. The molecule has 0 aliphatic carbocycles. The van der Waals surface area contributed by atoms with E-state index < -0.39 is 35.9 Å². The van der Waals surface area contributed by atoms with E-state index in [1.165, 1.54) is 0 Å². The molecule has 9 heteroatoms. The molecule has 1 aliphatic rings. The molecule has 1 saturated heterocycles. The number of carboxylic acid groups (broad SMARTS) is 1. The Bertz CT molecular complexity index is 633. The molecule has 1 fully saturated rings. The van der Waals surface area contributed by atoms with Gasteiger partial charge in [0.1, 0.15) is 18.1 Å². The Balaban J connectivity index is 2.98. The van der Waals surface area contributed by atoms with E-state index in [4.69, 9.17) is 0 Å². The smallest absolute Gasteiger partial charge is 0.326 e. The third kappa shape index (κ3) is 7.79. The van der Waals surface area contributed by atoms with Gasteiger partial charge < -0.3 is 26.4 Å². The second kappa shape index (κ2) is 12.6. The number of nitrogens with one attached hydrogen (secondary N) is 4. The van der Waals surface area contributed by atoms with Crippen molar-refractivity contribution in [2.75, 3.05) is 6.54 Å². The Kier molecular flexibility index (Phi) is 11.0. The van der Waals surface area contributed by atoms with E-state index in [0.29, 0.717) is 12.8 Å². The van der Waals surface area contributed by atoms with E-state index in [0.717, 1.165) is 19.4 Å². The second-order valence-electron chi connectivity index (χ2n) is 8.96. The van der Waals surface area contributed by atoms with Crippen molar-refractivity contribution in [2.24, 2.45) is 17.8 Å². The Hall–Kier alpha value is -2.16. The van der Waals surface area contributed by atoms with Gasteiger partial charge in [0.15, 0.2) is 0 Å². The van der Waals surface area contributed by atoms with Gasteiger partial charge in [-0.1, -0.05) is 54.4 Å². The number of hydrogen-bond donors (Lipinski definition) is 5. The Morgan fingerprint density at radius 2 is 1.35 bits per heavy atom. The Morgan fingerprint density at radius 1 is 0.871 bits per heavy atom. The standard InChI is InChI=1S/C22H40N4O5/c1-7-13(5)17(25-19(27)15-10-9-11-23-15)21(29)26-18(14(6)8-2)20(28)24-16(12(3)4)22(30)31/h12-18,23H,7-11H2,1-6H3,(H,24,28)(H,25,27)(H,26,29)(H,30,31)/t13-,14-,15-,16-,17-,18-/m0/s1. The molecule has 1 heterocycles. The maximum atomic E-state index is 13.1. The van der Waals surface area contributed by atoms with E-state index in [-0.39, 0.29) is 29.7 Å². The lowest BCUT2D eigenvalue weighted by molar-refractivity contribution is -0.144. The highest BCUT2D eigenvalue weighted by atomic mass is 16.4. The minimum absolute atomic E-state index is 0.131. The highest BCUT2D eigenvalue weighted by molar-refractivity contribution is 5.94. The average Bonchev–Trinajstić information content (AvgIpc) is 3.26. The summed E-state index contributed by atoms with van der Waals surface area (Å²) in [5, 5.41) is 20.7. The van der Waals surface area contributed by atoms with Crippen LogP contribution in [0.3, 0.4) is 0 Å². The minimum Gasteiger partial charge on any atom is -0.480 e. The average molecular weight is 441 g/mol. The first-order chi connectivity index (χ1) is 14.5. The van der Waals surface area contributed by atoms with E-state index >= 15 is 0 Å². The quantitative estimate of drug-likeness (QED) is 0.307. The SMILES string of the molecule is CC[C@H](C)[C@H](NC(=O)[C@@H]1CCCN1)C(=O)N[C@H](C(=O)N[C@H](C(=O)O)C(C)C)[C@@H](C)CC. The molecule has 6 atom stereocenters. The van der Waals surface area contributed by atoms with Crippen LogP contribution in [0.2, 0.25) is 0 Å². The van der Waals surface area contributed by atoms with E-state index in [2.05, 4.69) is 21.3 Å². The molecule has 3 amide bonds. The van der Waals surface area contributed by atoms with Crippen molar-refractivity contribution in [3.05, 3.63) is 0 Å². The van der Waals surface area contributed by atoms with Crippen LogP contribution in [0.1, 0.15) is 67.2 Å². The first kappa shape index (κ1) is 26.9. The molecule has 5 N–H and O–H groups in total.